The van der Waals surface area contributed by atoms with E-state index in [1.165, 1.54) is 29.9 Å². The van der Waals surface area contributed by atoms with Crippen LogP contribution in [0.1, 0.15) is 17.0 Å². The molecule has 5 heterocycles. The Morgan fingerprint density at radius 3 is 2.61 bits per heavy atom. The lowest BCUT2D eigenvalue weighted by Gasteiger charge is -2.09. The minimum absolute atomic E-state index is 0.0636. The highest BCUT2D eigenvalue weighted by Crippen LogP contribution is 2.41. The zero-order valence-corrected chi connectivity index (χ0v) is 20.6. The molecule has 6 aromatic rings. The summed E-state index contributed by atoms with van der Waals surface area (Å²) < 4.78 is 46.0. The number of aryl methyl sites for hydroxylation is 1. The fraction of sp³-hybridized carbons (Fsp3) is 0.115. The number of benzene rings is 1. The van der Waals surface area contributed by atoms with E-state index < -0.39 is 11.9 Å². The molecule has 1 N–H and O–H groups in total. The summed E-state index contributed by atoms with van der Waals surface area (Å²) in [7, 11) is 0. The van der Waals surface area contributed by atoms with Gasteiger partial charge < -0.3 is 4.74 Å². The summed E-state index contributed by atoms with van der Waals surface area (Å²) in [4.78, 5) is 13.6. The Kier molecular flexibility index (Phi) is 5.87. The van der Waals surface area contributed by atoms with Gasteiger partial charge in [-0.05, 0) is 19.1 Å². The van der Waals surface area contributed by atoms with Gasteiger partial charge in [0.2, 0.25) is 0 Å². The molecule has 12 heteroatoms. The number of hydrogen-bond acceptors (Lipinski definition) is 7. The Morgan fingerprint density at radius 1 is 1.05 bits per heavy atom. The van der Waals surface area contributed by atoms with E-state index in [0.717, 1.165) is 44.0 Å². The molecule has 0 spiro atoms. The van der Waals surface area contributed by atoms with E-state index in [-0.39, 0.29) is 6.61 Å². The second-order valence-corrected chi connectivity index (χ2v) is 9.38. The van der Waals surface area contributed by atoms with Gasteiger partial charge in [0.15, 0.2) is 5.82 Å². The molecule has 190 valence electrons. The number of H-pyrrole nitrogens is 1. The standard InChI is InChI=1S/C26H18F3N7OS/c1-15-21(25-33-22(17-5-3-2-4-6-17)23(38-25)24-31-14-32-34-24)19-11-18(9-10-36(19)35-15)37-13-16-7-8-20(30-12-16)26(27,28)29/h2-12,14H,13H2,1H3,(H,31,32,34). The van der Waals surface area contributed by atoms with Crippen LogP contribution in [0, 0.1) is 6.92 Å². The molecule has 0 aliphatic rings. The maximum absolute atomic E-state index is 12.8. The first-order valence-corrected chi connectivity index (χ1v) is 12.2. The highest BCUT2D eigenvalue weighted by molar-refractivity contribution is 7.19. The number of hydrogen-bond donors (Lipinski definition) is 1. The normalized spacial score (nSPS) is 11.8. The van der Waals surface area contributed by atoms with Crippen LogP contribution < -0.4 is 4.74 Å². The lowest BCUT2D eigenvalue weighted by molar-refractivity contribution is -0.141. The summed E-state index contributed by atoms with van der Waals surface area (Å²) in [6.45, 7) is 1.97. The van der Waals surface area contributed by atoms with Crippen LogP contribution in [0.4, 0.5) is 13.2 Å². The number of nitrogens with zero attached hydrogens (tertiary/aromatic N) is 6. The van der Waals surface area contributed by atoms with Gasteiger partial charge in [-0.15, -0.1) is 11.3 Å². The molecule has 0 radical (unpaired) electrons. The third kappa shape index (κ3) is 4.50. The summed E-state index contributed by atoms with van der Waals surface area (Å²) in [5, 5.41) is 12.4. The minimum Gasteiger partial charge on any atom is -0.489 e. The molecule has 8 nitrogen and oxygen atoms in total. The fourth-order valence-corrected chi connectivity index (χ4v) is 5.17. The summed E-state index contributed by atoms with van der Waals surface area (Å²) >= 11 is 1.47. The second-order valence-electron chi connectivity index (χ2n) is 8.38. The molecule has 0 atom stereocenters. The first-order valence-electron chi connectivity index (χ1n) is 11.4. The van der Waals surface area contributed by atoms with Crippen molar-refractivity contribution in [3.63, 3.8) is 0 Å². The zero-order valence-electron chi connectivity index (χ0n) is 19.8. The van der Waals surface area contributed by atoms with Gasteiger partial charge in [0.05, 0.1) is 22.5 Å². The van der Waals surface area contributed by atoms with Gasteiger partial charge in [-0.3, -0.25) is 10.1 Å². The van der Waals surface area contributed by atoms with Crippen LogP contribution in [0.15, 0.2) is 73.3 Å². The number of aromatic nitrogens is 7. The van der Waals surface area contributed by atoms with E-state index in [2.05, 4.69) is 25.3 Å². The minimum atomic E-state index is -4.48. The first kappa shape index (κ1) is 23.8. The van der Waals surface area contributed by atoms with Crippen LogP contribution in [0.3, 0.4) is 0 Å². The molecule has 0 amide bonds. The number of ether oxygens (including phenoxy) is 1. The molecule has 0 aliphatic heterocycles. The lowest BCUT2D eigenvalue weighted by Crippen LogP contribution is -2.08. The highest BCUT2D eigenvalue weighted by atomic mass is 32.1. The number of thiazole rings is 1. The number of aromatic amines is 1. The van der Waals surface area contributed by atoms with E-state index in [4.69, 9.17) is 9.72 Å². The van der Waals surface area contributed by atoms with Gasteiger partial charge in [-0.2, -0.15) is 23.4 Å². The van der Waals surface area contributed by atoms with Crippen molar-refractivity contribution < 1.29 is 17.9 Å². The quantitative estimate of drug-likeness (QED) is 0.274. The molecule has 5 aromatic heterocycles. The first-order chi connectivity index (χ1) is 18.4. The van der Waals surface area contributed by atoms with Crippen molar-refractivity contribution in [2.24, 2.45) is 0 Å². The predicted octanol–water partition coefficient (Wildman–Crippen LogP) is 6.21. The van der Waals surface area contributed by atoms with Gasteiger partial charge in [0.25, 0.3) is 0 Å². The monoisotopic (exact) mass is 533 g/mol. The average Bonchev–Trinajstić information content (AvgIpc) is 3.65. The Morgan fingerprint density at radius 2 is 1.89 bits per heavy atom. The third-order valence-electron chi connectivity index (χ3n) is 5.81. The Balaban J connectivity index is 1.35. The van der Waals surface area contributed by atoms with Crippen molar-refractivity contribution >= 4 is 16.9 Å². The maximum atomic E-state index is 12.8. The van der Waals surface area contributed by atoms with E-state index in [0.29, 0.717) is 17.1 Å². The van der Waals surface area contributed by atoms with Gasteiger partial charge in [-0.1, -0.05) is 36.4 Å². The van der Waals surface area contributed by atoms with Crippen LogP contribution >= 0.6 is 11.3 Å². The Bertz CT molecular complexity index is 1710. The molecule has 0 saturated heterocycles. The van der Waals surface area contributed by atoms with Crippen LogP contribution in [0.5, 0.6) is 5.75 Å². The smallest absolute Gasteiger partial charge is 0.433 e. The molecule has 0 saturated carbocycles. The van der Waals surface area contributed by atoms with Crippen LogP contribution in [-0.2, 0) is 12.8 Å². The lowest BCUT2D eigenvalue weighted by atomic mass is 10.1. The molecule has 6 rings (SSSR count). The van der Waals surface area contributed by atoms with Gasteiger partial charge >= 0.3 is 6.18 Å². The number of nitrogens with one attached hydrogen (secondary N) is 1. The topological polar surface area (TPSA) is 93.9 Å². The van der Waals surface area contributed by atoms with Crippen molar-refractivity contribution in [3.05, 3.63) is 90.3 Å². The Labute approximate surface area is 217 Å². The number of alkyl halides is 3. The summed E-state index contributed by atoms with van der Waals surface area (Å²) in [5.74, 6) is 1.09. The summed E-state index contributed by atoms with van der Waals surface area (Å²) in [6, 6.07) is 15.7. The van der Waals surface area contributed by atoms with Crippen LogP contribution in [-0.4, -0.2) is 34.8 Å². The maximum Gasteiger partial charge on any atom is 0.433 e. The summed E-state index contributed by atoms with van der Waals surface area (Å²) in [5.41, 5.74) is 3.69. The van der Waals surface area contributed by atoms with Crippen molar-refractivity contribution in [1.29, 1.82) is 0 Å². The SMILES string of the molecule is Cc1nn2ccc(OCc3ccc(C(F)(F)F)nc3)cc2c1-c1nc(-c2ccccc2)c(-c2nc[nH]n2)s1. The number of pyridine rings is 2. The van der Waals surface area contributed by atoms with Gasteiger partial charge in [-0.25, -0.2) is 14.5 Å². The molecule has 0 aliphatic carbocycles. The Hall–Kier alpha value is -4.58. The molecule has 1 aromatic carbocycles. The van der Waals surface area contributed by atoms with Crippen molar-refractivity contribution in [3.8, 4) is 38.3 Å². The fourth-order valence-electron chi connectivity index (χ4n) is 4.03. The zero-order chi connectivity index (χ0) is 26.3. The van der Waals surface area contributed by atoms with Gasteiger partial charge in [0.1, 0.15) is 34.3 Å². The van der Waals surface area contributed by atoms with Crippen molar-refractivity contribution in [2.45, 2.75) is 19.7 Å². The van der Waals surface area contributed by atoms with E-state index >= 15 is 0 Å². The molecular formula is C26H18F3N7OS. The number of fused-ring (bicyclic) bond motifs is 1. The molecule has 0 fully saturated rings. The molecular weight excluding hydrogens is 515 g/mol. The largest absolute Gasteiger partial charge is 0.489 e. The number of rotatable bonds is 6. The second kappa shape index (κ2) is 9.38. The van der Waals surface area contributed by atoms with Crippen molar-refractivity contribution in [2.75, 3.05) is 0 Å². The summed E-state index contributed by atoms with van der Waals surface area (Å²) in [6.07, 6.45) is -0.0149. The van der Waals surface area contributed by atoms with Crippen LogP contribution in [0.2, 0.25) is 0 Å². The predicted molar refractivity (Wildman–Crippen MR) is 135 cm³/mol. The van der Waals surface area contributed by atoms with E-state index in [9.17, 15) is 13.2 Å². The van der Waals surface area contributed by atoms with Crippen LogP contribution in [0.25, 0.3) is 38.0 Å². The molecule has 38 heavy (non-hydrogen) atoms. The molecule has 0 bridgehead atoms. The number of halogens is 3. The van der Waals surface area contributed by atoms with E-state index in [1.54, 1.807) is 16.8 Å². The van der Waals surface area contributed by atoms with Crippen molar-refractivity contribution in [1.82, 2.24) is 34.8 Å². The molecule has 0 unspecified atom stereocenters. The van der Waals surface area contributed by atoms with E-state index in [1.807, 2.05) is 43.3 Å². The third-order valence-corrected chi connectivity index (χ3v) is 6.88. The highest BCUT2D eigenvalue weighted by Gasteiger charge is 2.32. The van der Waals surface area contributed by atoms with Gasteiger partial charge in [0, 0.05) is 29.6 Å². The average molecular weight is 534 g/mol.